The van der Waals surface area contributed by atoms with E-state index in [1.807, 2.05) is 62.5 Å². The number of para-hydroxylation sites is 2. The van der Waals surface area contributed by atoms with Gasteiger partial charge in [0.15, 0.2) is 0 Å². The van der Waals surface area contributed by atoms with Crippen LogP contribution in [0.2, 0.25) is 0 Å². The van der Waals surface area contributed by atoms with Crippen molar-refractivity contribution in [3.63, 3.8) is 0 Å². The van der Waals surface area contributed by atoms with Gasteiger partial charge < -0.3 is 19.9 Å². The summed E-state index contributed by atoms with van der Waals surface area (Å²) >= 11 is 0. The lowest BCUT2D eigenvalue weighted by Crippen LogP contribution is -2.20. The molecule has 3 aromatic rings. The summed E-state index contributed by atoms with van der Waals surface area (Å²) in [5, 5.41) is 9.01. The maximum atomic E-state index is 12.3. The molecular formula is C25H23N3O4. The number of rotatable bonds is 2. The van der Waals surface area contributed by atoms with Gasteiger partial charge in [-0.15, -0.1) is 0 Å². The molecule has 2 aliphatic rings. The zero-order valence-corrected chi connectivity index (χ0v) is 18.0. The Labute approximate surface area is 185 Å². The summed E-state index contributed by atoms with van der Waals surface area (Å²) in [6.45, 7) is 1.81. The molecule has 7 heteroatoms. The number of likely N-dealkylation sites (N-methyl/N-ethyl adjacent to an activating group) is 2. The Morgan fingerprint density at radius 1 is 1.00 bits per heavy atom. The van der Waals surface area contributed by atoms with Crippen LogP contribution in [0.1, 0.15) is 32.9 Å². The van der Waals surface area contributed by atoms with E-state index in [2.05, 4.69) is 4.98 Å². The van der Waals surface area contributed by atoms with E-state index in [1.54, 1.807) is 29.0 Å². The number of carboxylic acid groups (broad SMARTS) is 1. The third-order valence-electron chi connectivity index (χ3n) is 5.73. The SMILES string of the molecule is CN1C(=O)Cc2ccccc21.Cc1cc(C(=O)O)[nH]c1C=C1C(=O)N(C)c2ccccc21. The number of carbonyl (C=O) groups excluding carboxylic acids is 2. The molecule has 3 heterocycles. The molecule has 2 aromatic carbocycles. The Hall–Kier alpha value is -4.13. The number of anilines is 2. The van der Waals surface area contributed by atoms with Gasteiger partial charge in [0.1, 0.15) is 5.69 Å². The number of nitrogens with one attached hydrogen (secondary N) is 1. The van der Waals surface area contributed by atoms with Crippen molar-refractivity contribution in [1.82, 2.24) is 4.98 Å². The second kappa shape index (κ2) is 8.19. The van der Waals surface area contributed by atoms with Gasteiger partial charge in [-0.05, 0) is 42.3 Å². The first-order valence-corrected chi connectivity index (χ1v) is 10.1. The first-order chi connectivity index (χ1) is 15.3. The van der Waals surface area contributed by atoms with Gasteiger partial charge in [-0.2, -0.15) is 0 Å². The van der Waals surface area contributed by atoms with Gasteiger partial charge in [0.25, 0.3) is 5.91 Å². The highest BCUT2D eigenvalue weighted by Crippen LogP contribution is 2.36. The molecule has 2 aliphatic heterocycles. The number of hydrogen-bond donors (Lipinski definition) is 2. The third-order valence-corrected chi connectivity index (χ3v) is 5.73. The molecule has 7 nitrogen and oxygen atoms in total. The highest BCUT2D eigenvalue weighted by atomic mass is 16.4. The van der Waals surface area contributed by atoms with Crippen LogP contribution < -0.4 is 9.80 Å². The Morgan fingerprint density at radius 2 is 1.66 bits per heavy atom. The van der Waals surface area contributed by atoms with Crippen LogP contribution >= 0.6 is 0 Å². The van der Waals surface area contributed by atoms with Crippen molar-refractivity contribution in [1.29, 1.82) is 0 Å². The van der Waals surface area contributed by atoms with Crippen LogP contribution in [0.15, 0.2) is 54.6 Å². The van der Waals surface area contributed by atoms with Crippen molar-refractivity contribution < 1.29 is 19.5 Å². The zero-order chi connectivity index (χ0) is 23.0. The fourth-order valence-corrected chi connectivity index (χ4v) is 3.93. The van der Waals surface area contributed by atoms with E-state index in [4.69, 9.17) is 5.11 Å². The average Bonchev–Trinajstić information content (AvgIpc) is 3.38. The van der Waals surface area contributed by atoms with E-state index in [-0.39, 0.29) is 17.5 Å². The van der Waals surface area contributed by atoms with E-state index in [0.29, 0.717) is 17.7 Å². The minimum atomic E-state index is -1.02. The summed E-state index contributed by atoms with van der Waals surface area (Å²) in [7, 11) is 3.54. The van der Waals surface area contributed by atoms with Crippen LogP contribution in [0.3, 0.4) is 0 Å². The second-order valence-corrected chi connectivity index (χ2v) is 7.78. The van der Waals surface area contributed by atoms with Crippen LogP contribution in [0.25, 0.3) is 11.6 Å². The van der Waals surface area contributed by atoms with Crippen molar-refractivity contribution in [3.8, 4) is 0 Å². The van der Waals surface area contributed by atoms with E-state index < -0.39 is 5.97 Å². The molecule has 0 radical (unpaired) electrons. The maximum absolute atomic E-state index is 12.3. The monoisotopic (exact) mass is 429 g/mol. The molecule has 0 unspecified atom stereocenters. The number of H-pyrrole nitrogens is 1. The van der Waals surface area contributed by atoms with Gasteiger partial charge in [0.05, 0.1) is 17.7 Å². The van der Waals surface area contributed by atoms with Gasteiger partial charge >= 0.3 is 5.97 Å². The number of aryl methyl sites for hydroxylation is 1. The normalized spacial score (nSPS) is 15.5. The fourth-order valence-electron chi connectivity index (χ4n) is 3.93. The molecule has 0 saturated carbocycles. The highest BCUT2D eigenvalue weighted by Gasteiger charge is 2.29. The van der Waals surface area contributed by atoms with Crippen molar-refractivity contribution >= 4 is 40.8 Å². The molecule has 1 aromatic heterocycles. The molecule has 0 saturated heterocycles. The summed E-state index contributed by atoms with van der Waals surface area (Å²) in [4.78, 5) is 40.6. The summed E-state index contributed by atoms with van der Waals surface area (Å²) in [5.74, 6) is -0.925. The lowest BCUT2D eigenvalue weighted by atomic mass is 10.1. The van der Waals surface area contributed by atoms with E-state index in [9.17, 15) is 14.4 Å². The third kappa shape index (κ3) is 3.69. The van der Waals surface area contributed by atoms with Gasteiger partial charge in [0.2, 0.25) is 5.91 Å². The van der Waals surface area contributed by atoms with Crippen molar-refractivity contribution in [3.05, 3.63) is 82.7 Å². The number of nitrogens with zero attached hydrogens (tertiary/aromatic N) is 2. The number of hydrogen-bond acceptors (Lipinski definition) is 3. The predicted molar refractivity (Wildman–Crippen MR) is 124 cm³/mol. The standard InChI is InChI=1S/C16H14N2O3.C9H9NO/c1-9-7-13(16(20)21)17-12(9)8-11-10-5-3-4-6-14(10)18(2)15(11)19;1-10-8-5-3-2-4-7(8)6-9(10)11/h3-8,17H,1-2H3,(H,20,21);2-5H,6H2,1H3. The number of aromatic carboxylic acids is 1. The van der Waals surface area contributed by atoms with Crippen molar-refractivity contribution in [2.24, 2.45) is 0 Å². The first-order valence-electron chi connectivity index (χ1n) is 10.1. The average molecular weight is 429 g/mol. The van der Waals surface area contributed by atoms with Gasteiger partial charge in [0, 0.05) is 31.0 Å². The van der Waals surface area contributed by atoms with Gasteiger partial charge in [-0.3, -0.25) is 9.59 Å². The summed E-state index contributed by atoms with van der Waals surface area (Å²) in [6.07, 6.45) is 2.28. The Kier molecular flexibility index (Phi) is 5.40. The second-order valence-electron chi connectivity index (χ2n) is 7.78. The van der Waals surface area contributed by atoms with Crippen LogP contribution in [0.4, 0.5) is 11.4 Å². The smallest absolute Gasteiger partial charge is 0.352 e. The molecule has 32 heavy (non-hydrogen) atoms. The van der Waals surface area contributed by atoms with Gasteiger partial charge in [-0.25, -0.2) is 4.79 Å². The van der Waals surface area contributed by atoms with Crippen LogP contribution in [-0.4, -0.2) is 42.0 Å². The Bertz CT molecular complexity index is 1270. The molecule has 0 fully saturated rings. The molecule has 0 spiro atoms. The van der Waals surface area contributed by atoms with Crippen molar-refractivity contribution in [2.45, 2.75) is 13.3 Å². The topological polar surface area (TPSA) is 93.7 Å². The lowest BCUT2D eigenvalue weighted by Gasteiger charge is -2.08. The van der Waals surface area contributed by atoms with Crippen LogP contribution in [0, 0.1) is 6.92 Å². The molecule has 5 rings (SSSR count). The molecule has 0 bridgehead atoms. The van der Waals surface area contributed by atoms with E-state index >= 15 is 0 Å². The summed E-state index contributed by atoms with van der Waals surface area (Å²) in [5.41, 5.74) is 6.02. The number of amides is 2. The Morgan fingerprint density at radius 3 is 2.31 bits per heavy atom. The largest absolute Gasteiger partial charge is 0.477 e. The highest BCUT2D eigenvalue weighted by molar-refractivity contribution is 6.35. The number of fused-ring (bicyclic) bond motifs is 2. The number of benzene rings is 2. The quantitative estimate of drug-likeness (QED) is 0.607. The van der Waals surface area contributed by atoms with Crippen molar-refractivity contribution in [2.75, 3.05) is 23.9 Å². The van der Waals surface area contributed by atoms with Crippen LogP contribution in [-0.2, 0) is 16.0 Å². The summed E-state index contributed by atoms with van der Waals surface area (Å²) < 4.78 is 0. The minimum Gasteiger partial charge on any atom is -0.477 e. The minimum absolute atomic E-state index is 0.0953. The van der Waals surface area contributed by atoms with E-state index in [0.717, 1.165) is 28.1 Å². The van der Waals surface area contributed by atoms with Gasteiger partial charge in [-0.1, -0.05) is 36.4 Å². The van der Waals surface area contributed by atoms with E-state index in [1.165, 1.54) is 0 Å². The first kappa shape index (κ1) is 21.1. The molecular weight excluding hydrogens is 406 g/mol. The predicted octanol–water partition coefficient (Wildman–Crippen LogP) is 3.74. The summed E-state index contributed by atoms with van der Waals surface area (Å²) in [6, 6.07) is 17.0. The molecule has 2 N–H and O–H groups in total. The zero-order valence-electron chi connectivity index (χ0n) is 18.0. The lowest BCUT2D eigenvalue weighted by molar-refractivity contribution is -0.117. The number of carbonyl (C=O) groups is 3. The molecule has 2 amide bonds. The van der Waals surface area contributed by atoms with Crippen LogP contribution in [0.5, 0.6) is 0 Å². The molecule has 0 atom stereocenters. The molecule has 0 aliphatic carbocycles. The number of aromatic nitrogens is 1. The number of carboxylic acids is 1. The maximum Gasteiger partial charge on any atom is 0.352 e. The number of aromatic amines is 1. The molecule has 162 valence electrons. The fraction of sp³-hybridized carbons (Fsp3) is 0.160. The Balaban J connectivity index is 0.000000186.